The van der Waals surface area contributed by atoms with Gasteiger partial charge in [0.05, 0.1) is 11.6 Å². The highest BCUT2D eigenvalue weighted by Crippen LogP contribution is 2.33. The summed E-state index contributed by atoms with van der Waals surface area (Å²) in [6.45, 7) is 5.76. The molecule has 29 heavy (non-hydrogen) atoms. The van der Waals surface area contributed by atoms with Crippen molar-refractivity contribution in [2.75, 3.05) is 37.7 Å². The Bertz CT molecular complexity index is 953. The highest BCUT2D eigenvalue weighted by Gasteiger charge is 2.36. The van der Waals surface area contributed by atoms with Crippen LogP contribution in [0.2, 0.25) is 5.02 Å². The molecule has 0 N–H and O–H groups in total. The Morgan fingerprint density at radius 2 is 1.69 bits per heavy atom. The second kappa shape index (κ2) is 8.61. The van der Waals surface area contributed by atoms with E-state index < -0.39 is 0 Å². The Labute approximate surface area is 179 Å². The molecule has 0 atom stereocenters. The molecule has 5 nitrogen and oxygen atoms in total. The van der Waals surface area contributed by atoms with Crippen molar-refractivity contribution in [1.29, 1.82) is 0 Å². The largest absolute Gasteiger partial charge is 0.369 e. The normalized spacial score (nSPS) is 19.4. The van der Waals surface area contributed by atoms with Gasteiger partial charge in [-0.3, -0.25) is 19.4 Å². The Balaban J connectivity index is 1.38. The van der Waals surface area contributed by atoms with Crippen molar-refractivity contribution >= 4 is 46.3 Å². The van der Waals surface area contributed by atoms with Gasteiger partial charge in [-0.25, -0.2) is 0 Å². The third kappa shape index (κ3) is 4.50. The van der Waals surface area contributed by atoms with Crippen molar-refractivity contribution in [1.82, 2.24) is 9.80 Å². The van der Waals surface area contributed by atoms with Crippen LogP contribution in [0.4, 0.5) is 10.5 Å². The van der Waals surface area contributed by atoms with Crippen molar-refractivity contribution in [2.24, 2.45) is 0 Å². The number of aryl methyl sites for hydroxylation is 1. The van der Waals surface area contributed by atoms with Gasteiger partial charge in [-0.15, -0.1) is 0 Å². The molecule has 0 aliphatic carbocycles. The van der Waals surface area contributed by atoms with Crippen molar-refractivity contribution in [3.63, 3.8) is 0 Å². The average molecular weight is 428 g/mol. The zero-order valence-corrected chi connectivity index (χ0v) is 17.7. The van der Waals surface area contributed by atoms with Crippen LogP contribution in [0.15, 0.2) is 53.4 Å². The first-order valence-electron chi connectivity index (χ1n) is 9.55. The number of benzene rings is 2. The van der Waals surface area contributed by atoms with Crippen LogP contribution in [-0.2, 0) is 4.79 Å². The highest BCUT2D eigenvalue weighted by molar-refractivity contribution is 8.18. The molecule has 2 aliphatic heterocycles. The van der Waals surface area contributed by atoms with Crippen LogP contribution in [0, 0.1) is 6.92 Å². The molecule has 150 valence electrons. The maximum absolute atomic E-state index is 12.8. The summed E-state index contributed by atoms with van der Waals surface area (Å²) in [5.41, 5.74) is 3.20. The monoisotopic (exact) mass is 427 g/mol. The molecule has 2 aliphatic rings. The third-order valence-corrected chi connectivity index (χ3v) is 6.43. The van der Waals surface area contributed by atoms with E-state index >= 15 is 0 Å². The molecule has 2 amide bonds. The minimum Gasteiger partial charge on any atom is -0.369 e. The first kappa shape index (κ1) is 20.0. The fourth-order valence-electron chi connectivity index (χ4n) is 3.46. The van der Waals surface area contributed by atoms with Crippen LogP contribution in [0.1, 0.15) is 11.1 Å². The average Bonchev–Trinajstić information content (AvgIpc) is 2.98. The number of thioether (sulfide) groups is 1. The predicted octanol–water partition coefficient (Wildman–Crippen LogP) is 4.46. The van der Waals surface area contributed by atoms with Gasteiger partial charge in [0.25, 0.3) is 11.1 Å². The Morgan fingerprint density at radius 1 is 1.00 bits per heavy atom. The van der Waals surface area contributed by atoms with E-state index in [4.69, 9.17) is 11.6 Å². The van der Waals surface area contributed by atoms with Crippen LogP contribution >= 0.6 is 23.4 Å². The zero-order valence-electron chi connectivity index (χ0n) is 16.2. The van der Waals surface area contributed by atoms with E-state index in [1.807, 2.05) is 18.2 Å². The number of piperazine rings is 1. The summed E-state index contributed by atoms with van der Waals surface area (Å²) >= 11 is 7.15. The molecular weight excluding hydrogens is 406 g/mol. The first-order chi connectivity index (χ1) is 14.0. The molecular formula is C22H22ClN3O2S. The number of anilines is 1. The quantitative estimate of drug-likeness (QED) is 0.674. The molecule has 2 heterocycles. The van der Waals surface area contributed by atoms with Gasteiger partial charge in [-0.2, -0.15) is 0 Å². The van der Waals surface area contributed by atoms with E-state index in [1.54, 1.807) is 12.1 Å². The van der Waals surface area contributed by atoms with Crippen LogP contribution in [0.3, 0.4) is 0 Å². The third-order valence-electron chi connectivity index (χ3n) is 5.18. The van der Waals surface area contributed by atoms with Gasteiger partial charge in [0, 0.05) is 36.9 Å². The van der Waals surface area contributed by atoms with Crippen LogP contribution < -0.4 is 4.90 Å². The number of amides is 2. The van der Waals surface area contributed by atoms with Crippen LogP contribution in [0.5, 0.6) is 0 Å². The lowest BCUT2D eigenvalue weighted by molar-refractivity contribution is -0.124. The van der Waals surface area contributed by atoms with Gasteiger partial charge in [-0.1, -0.05) is 47.5 Å². The number of rotatable bonds is 4. The smallest absolute Gasteiger partial charge is 0.294 e. The van der Waals surface area contributed by atoms with E-state index in [-0.39, 0.29) is 11.1 Å². The summed E-state index contributed by atoms with van der Waals surface area (Å²) in [4.78, 5) is 31.4. The second-order valence-electron chi connectivity index (χ2n) is 7.21. The summed E-state index contributed by atoms with van der Waals surface area (Å²) < 4.78 is 0. The van der Waals surface area contributed by atoms with Crippen molar-refractivity contribution in [3.8, 4) is 0 Å². The van der Waals surface area contributed by atoms with Gasteiger partial charge in [0.15, 0.2) is 0 Å². The maximum atomic E-state index is 12.8. The number of carbonyl (C=O) groups excluding carboxylic acids is 2. The molecule has 4 rings (SSSR count). The van der Waals surface area contributed by atoms with E-state index in [0.29, 0.717) is 16.6 Å². The maximum Gasteiger partial charge on any atom is 0.294 e. The van der Waals surface area contributed by atoms with E-state index in [9.17, 15) is 9.59 Å². The molecule has 7 heteroatoms. The molecule has 0 spiro atoms. The summed E-state index contributed by atoms with van der Waals surface area (Å²) in [6, 6.07) is 15.8. The topological polar surface area (TPSA) is 43.9 Å². The predicted molar refractivity (Wildman–Crippen MR) is 119 cm³/mol. The van der Waals surface area contributed by atoms with Gasteiger partial charge < -0.3 is 4.90 Å². The van der Waals surface area contributed by atoms with Gasteiger partial charge >= 0.3 is 0 Å². The molecule has 0 bridgehead atoms. The molecule has 0 unspecified atom stereocenters. The second-order valence-corrected chi connectivity index (χ2v) is 8.61. The fraction of sp³-hybridized carbons (Fsp3) is 0.273. The molecule has 2 aromatic carbocycles. The minimum atomic E-state index is -0.249. The summed E-state index contributed by atoms with van der Waals surface area (Å²) in [5, 5.41) is 0.334. The molecule has 0 aromatic heterocycles. The summed E-state index contributed by atoms with van der Waals surface area (Å²) in [7, 11) is 0. The van der Waals surface area contributed by atoms with E-state index in [1.165, 1.54) is 16.2 Å². The van der Waals surface area contributed by atoms with Crippen LogP contribution in [0.25, 0.3) is 6.08 Å². The van der Waals surface area contributed by atoms with E-state index in [0.717, 1.165) is 43.5 Å². The number of halogens is 1. The molecule has 0 saturated carbocycles. The van der Waals surface area contributed by atoms with E-state index in [2.05, 4.69) is 41.0 Å². The van der Waals surface area contributed by atoms with Crippen molar-refractivity contribution in [3.05, 3.63) is 69.6 Å². The summed E-state index contributed by atoms with van der Waals surface area (Å²) in [6.07, 6.45) is 1.70. The molecule has 2 fully saturated rings. The van der Waals surface area contributed by atoms with Crippen molar-refractivity contribution in [2.45, 2.75) is 6.92 Å². The SMILES string of the molecule is Cc1ccc(N2CCN(CN3C(=O)S/C(=C/c4ccccc4Cl)C3=O)CC2)cc1. The lowest BCUT2D eigenvalue weighted by atomic mass is 10.2. The fourth-order valence-corrected chi connectivity index (χ4v) is 4.47. The zero-order chi connectivity index (χ0) is 20.4. The van der Waals surface area contributed by atoms with Crippen molar-refractivity contribution < 1.29 is 9.59 Å². The summed E-state index contributed by atoms with van der Waals surface area (Å²) in [5.74, 6) is -0.249. The van der Waals surface area contributed by atoms with Gasteiger partial charge in [-0.05, 0) is 48.5 Å². The number of carbonyl (C=O) groups is 2. The standard InChI is InChI=1S/C22H22ClN3O2S/c1-16-6-8-18(9-7-16)25-12-10-24(11-13-25)15-26-21(27)20(29-22(26)28)14-17-4-2-3-5-19(17)23/h2-9,14H,10-13,15H2,1H3/b20-14+. The number of hydrogen-bond acceptors (Lipinski definition) is 5. The minimum absolute atomic E-state index is 0.228. The van der Waals surface area contributed by atoms with Crippen LogP contribution in [-0.4, -0.2) is 53.8 Å². The highest BCUT2D eigenvalue weighted by atomic mass is 35.5. The Morgan fingerprint density at radius 3 is 2.38 bits per heavy atom. The number of imide groups is 1. The number of nitrogens with zero attached hydrogens (tertiary/aromatic N) is 3. The Kier molecular flexibility index (Phi) is 5.94. The Hall–Kier alpha value is -2.28. The molecule has 2 aromatic rings. The lowest BCUT2D eigenvalue weighted by Crippen LogP contribution is -2.50. The molecule has 0 radical (unpaired) electrons. The number of hydrogen-bond donors (Lipinski definition) is 0. The van der Waals surface area contributed by atoms with Gasteiger partial charge in [0.1, 0.15) is 0 Å². The molecule has 2 saturated heterocycles. The van der Waals surface area contributed by atoms with Gasteiger partial charge in [0.2, 0.25) is 0 Å². The first-order valence-corrected chi connectivity index (χ1v) is 10.7. The lowest BCUT2D eigenvalue weighted by Gasteiger charge is -2.37.